The Balaban J connectivity index is 5.66. The first-order valence-corrected chi connectivity index (χ1v) is 6.28. The number of amides is 1. The number of nitrogens with two attached hydrogens (primary N) is 1. The first-order valence-electron chi connectivity index (χ1n) is 6.28. The van der Waals surface area contributed by atoms with Gasteiger partial charge in [-0.25, -0.2) is 0 Å². The Labute approximate surface area is 107 Å². The standard InChI is InChI=1S/C14H30N2O/c1-12(2,3)10(11(15)17)16(13(4,5)6)14(7,8)9/h10H,1-9H3,(H2,15,17)/t10-/m0/s1. The molecule has 3 heteroatoms. The van der Waals surface area contributed by atoms with Crippen molar-refractivity contribution in [1.82, 2.24) is 4.90 Å². The van der Waals surface area contributed by atoms with Crippen molar-refractivity contribution < 1.29 is 4.79 Å². The molecule has 0 aliphatic carbocycles. The van der Waals surface area contributed by atoms with Gasteiger partial charge in [0.2, 0.25) is 5.91 Å². The largest absolute Gasteiger partial charge is 0.368 e. The van der Waals surface area contributed by atoms with Gasteiger partial charge in [-0.1, -0.05) is 20.8 Å². The molecule has 0 radical (unpaired) electrons. The summed E-state index contributed by atoms with van der Waals surface area (Å²) in [4.78, 5) is 14.1. The second-order valence-electron chi connectivity index (χ2n) is 7.88. The molecule has 0 aromatic rings. The number of nitrogens with zero attached hydrogens (tertiary/aromatic N) is 1. The van der Waals surface area contributed by atoms with Crippen LogP contribution in [0.2, 0.25) is 0 Å². The lowest BCUT2D eigenvalue weighted by Crippen LogP contribution is -2.64. The molecule has 1 amide bonds. The zero-order valence-corrected chi connectivity index (χ0v) is 13.0. The highest BCUT2D eigenvalue weighted by molar-refractivity contribution is 5.81. The highest BCUT2D eigenvalue weighted by Crippen LogP contribution is 2.35. The van der Waals surface area contributed by atoms with Crippen molar-refractivity contribution in [3.05, 3.63) is 0 Å². The van der Waals surface area contributed by atoms with Crippen LogP contribution in [0, 0.1) is 5.41 Å². The van der Waals surface area contributed by atoms with Crippen molar-refractivity contribution in [1.29, 1.82) is 0 Å². The highest BCUT2D eigenvalue weighted by Gasteiger charge is 2.45. The number of hydrogen-bond acceptors (Lipinski definition) is 2. The minimum Gasteiger partial charge on any atom is -0.368 e. The first-order chi connectivity index (χ1) is 7.19. The summed E-state index contributed by atoms with van der Waals surface area (Å²) < 4.78 is 0. The van der Waals surface area contributed by atoms with Crippen molar-refractivity contribution in [2.24, 2.45) is 11.1 Å². The Bertz CT molecular complexity index is 262. The van der Waals surface area contributed by atoms with Gasteiger partial charge >= 0.3 is 0 Å². The van der Waals surface area contributed by atoms with E-state index in [-0.39, 0.29) is 28.4 Å². The second-order valence-corrected chi connectivity index (χ2v) is 7.88. The van der Waals surface area contributed by atoms with Gasteiger partial charge < -0.3 is 5.73 Å². The predicted molar refractivity (Wildman–Crippen MR) is 73.8 cm³/mol. The predicted octanol–water partition coefficient (Wildman–Crippen LogP) is 2.79. The van der Waals surface area contributed by atoms with Crippen LogP contribution in [0.3, 0.4) is 0 Å². The lowest BCUT2D eigenvalue weighted by Gasteiger charge is -2.52. The Morgan fingerprint density at radius 1 is 0.882 bits per heavy atom. The third kappa shape index (κ3) is 4.30. The van der Waals surface area contributed by atoms with Crippen LogP contribution in [0.15, 0.2) is 0 Å². The highest BCUT2D eigenvalue weighted by atomic mass is 16.1. The molecule has 0 aromatic heterocycles. The average Bonchev–Trinajstić information content (AvgIpc) is 1.91. The van der Waals surface area contributed by atoms with E-state index in [9.17, 15) is 4.79 Å². The minimum atomic E-state index is -0.275. The maximum atomic E-state index is 11.9. The fourth-order valence-electron chi connectivity index (χ4n) is 2.72. The van der Waals surface area contributed by atoms with Crippen molar-refractivity contribution in [2.75, 3.05) is 0 Å². The van der Waals surface area contributed by atoms with Crippen LogP contribution < -0.4 is 5.73 Å². The summed E-state index contributed by atoms with van der Waals surface area (Å²) in [5.74, 6) is -0.248. The molecule has 0 aliphatic heterocycles. The zero-order valence-electron chi connectivity index (χ0n) is 13.0. The summed E-state index contributed by atoms with van der Waals surface area (Å²) in [6.45, 7) is 18.9. The molecule has 0 aliphatic rings. The molecule has 0 aromatic carbocycles. The topological polar surface area (TPSA) is 46.3 Å². The SMILES string of the molecule is CC(C)(C)[C@H](C(N)=O)N(C(C)(C)C)C(C)(C)C. The molecule has 1 atom stereocenters. The van der Waals surface area contributed by atoms with Gasteiger partial charge in [-0.3, -0.25) is 9.69 Å². The van der Waals surface area contributed by atoms with Crippen LogP contribution in [0.5, 0.6) is 0 Å². The number of primary amides is 1. The van der Waals surface area contributed by atoms with E-state index in [1.807, 2.05) is 0 Å². The summed E-state index contributed by atoms with van der Waals surface area (Å²) in [6.07, 6.45) is 0. The maximum absolute atomic E-state index is 11.9. The molecule has 0 spiro atoms. The van der Waals surface area contributed by atoms with Gasteiger partial charge in [-0.15, -0.1) is 0 Å². The van der Waals surface area contributed by atoms with Crippen LogP contribution in [-0.2, 0) is 4.79 Å². The monoisotopic (exact) mass is 242 g/mol. The summed E-state index contributed by atoms with van der Waals surface area (Å²) in [7, 11) is 0. The van der Waals surface area contributed by atoms with Gasteiger partial charge in [-0.05, 0) is 47.0 Å². The Morgan fingerprint density at radius 3 is 1.24 bits per heavy atom. The van der Waals surface area contributed by atoms with Crippen LogP contribution in [0.1, 0.15) is 62.3 Å². The van der Waals surface area contributed by atoms with Gasteiger partial charge in [-0.2, -0.15) is 0 Å². The molecule has 0 saturated heterocycles. The minimum absolute atomic E-state index is 0.106. The van der Waals surface area contributed by atoms with Gasteiger partial charge in [0.05, 0.1) is 6.04 Å². The van der Waals surface area contributed by atoms with E-state index >= 15 is 0 Å². The molecule has 3 nitrogen and oxygen atoms in total. The van der Waals surface area contributed by atoms with Gasteiger partial charge in [0.15, 0.2) is 0 Å². The molecule has 0 unspecified atom stereocenters. The van der Waals surface area contributed by atoms with E-state index in [1.165, 1.54) is 0 Å². The summed E-state index contributed by atoms with van der Waals surface area (Å²) in [5.41, 5.74) is 5.25. The van der Waals surface area contributed by atoms with E-state index in [1.54, 1.807) is 0 Å². The van der Waals surface area contributed by atoms with Crippen molar-refractivity contribution in [3.63, 3.8) is 0 Å². The van der Waals surface area contributed by atoms with Crippen LogP contribution in [0.25, 0.3) is 0 Å². The molecule has 2 N–H and O–H groups in total. The van der Waals surface area contributed by atoms with Crippen molar-refractivity contribution in [3.8, 4) is 0 Å². The van der Waals surface area contributed by atoms with Crippen LogP contribution in [0.4, 0.5) is 0 Å². The molecule has 0 fully saturated rings. The normalized spacial score (nSPS) is 16.1. The zero-order chi connectivity index (χ0) is 14.2. The lowest BCUT2D eigenvalue weighted by atomic mass is 9.80. The Hall–Kier alpha value is -0.570. The van der Waals surface area contributed by atoms with E-state index in [0.717, 1.165) is 0 Å². The van der Waals surface area contributed by atoms with Crippen LogP contribution >= 0.6 is 0 Å². The fourth-order valence-corrected chi connectivity index (χ4v) is 2.72. The molecule has 102 valence electrons. The van der Waals surface area contributed by atoms with Gasteiger partial charge in [0.1, 0.15) is 0 Å². The Morgan fingerprint density at radius 2 is 1.18 bits per heavy atom. The second kappa shape index (κ2) is 4.60. The number of carbonyl (C=O) groups is 1. The van der Waals surface area contributed by atoms with Gasteiger partial charge in [0, 0.05) is 11.1 Å². The lowest BCUT2D eigenvalue weighted by molar-refractivity contribution is -0.136. The smallest absolute Gasteiger partial charge is 0.235 e. The van der Waals surface area contributed by atoms with Gasteiger partial charge in [0.25, 0.3) is 0 Å². The third-order valence-corrected chi connectivity index (χ3v) is 2.79. The number of rotatable bonds is 2. The molecule has 0 bridgehead atoms. The third-order valence-electron chi connectivity index (χ3n) is 2.79. The molecule has 17 heavy (non-hydrogen) atoms. The molecule has 0 rings (SSSR count). The fraction of sp³-hybridized carbons (Fsp3) is 0.929. The Kier molecular flexibility index (Phi) is 4.45. The van der Waals surface area contributed by atoms with Crippen LogP contribution in [-0.4, -0.2) is 27.9 Å². The molecular weight excluding hydrogens is 212 g/mol. The number of hydrogen-bond donors (Lipinski definition) is 1. The van der Waals surface area contributed by atoms with E-state index < -0.39 is 0 Å². The summed E-state index contributed by atoms with van der Waals surface area (Å²) in [5, 5.41) is 0. The summed E-state index contributed by atoms with van der Waals surface area (Å²) >= 11 is 0. The number of carbonyl (C=O) groups excluding carboxylic acids is 1. The molecule has 0 heterocycles. The van der Waals surface area contributed by atoms with E-state index in [0.29, 0.717) is 0 Å². The first kappa shape index (κ1) is 16.4. The molecular formula is C14H30N2O. The van der Waals surface area contributed by atoms with E-state index in [4.69, 9.17) is 5.73 Å². The summed E-state index contributed by atoms with van der Waals surface area (Å²) in [6, 6.07) is -0.275. The maximum Gasteiger partial charge on any atom is 0.235 e. The quantitative estimate of drug-likeness (QED) is 0.809. The van der Waals surface area contributed by atoms with Crippen molar-refractivity contribution in [2.45, 2.75) is 79.4 Å². The van der Waals surface area contributed by atoms with Crippen molar-refractivity contribution >= 4 is 5.91 Å². The van der Waals surface area contributed by atoms with E-state index in [2.05, 4.69) is 67.2 Å². The molecule has 0 saturated carbocycles. The average molecular weight is 242 g/mol.